The van der Waals surface area contributed by atoms with E-state index in [0.717, 1.165) is 11.4 Å². The molecule has 0 saturated heterocycles. The molecule has 0 atom stereocenters. The standard InChI is InChI=1S/C16H20FN5OS.HI/c1-11-9-20-15(24-11)7-8-19-16(18-2)21-10-14(23)22-13-5-3-12(17)4-6-13;/h3-6,9H,7-8,10H2,1-2H3,(H,22,23)(H2,18,19,21);1H. The number of nitrogens with zero attached hydrogens (tertiary/aromatic N) is 2. The van der Waals surface area contributed by atoms with Crippen molar-refractivity contribution in [2.45, 2.75) is 13.3 Å². The van der Waals surface area contributed by atoms with Crippen LogP contribution in [-0.4, -0.2) is 37.0 Å². The molecule has 1 aromatic heterocycles. The number of aliphatic imine (C=N–C) groups is 1. The number of rotatable bonds is 6. The Labute approximate surface area is 167 Å². The topological polar surface area (TPSA) is 78.4 Å². The molecule has 0 radical (unpaired) electrons. The molecule has 9 heteroatoms. The van der Waals surface area contributed by atoms with Crippen molar-refractivity contribution in [1.82, 2.24) is 15.6 Å². The summed E-state index contributed by atoms with van der Waals surface area (Å²) in [7, 11) is 1.64. The third kappa shape index (κ3) is 7.78. The fourth-order valence-electron chi connectivity index (χ4n) is 1.93. The minimum Gasteiger partial charge on any atom is -0.356 e. The van der Waals surface area contributed by atoms with Gasteiger partial charge >= 0.3 is 0 Å². The fraction of sp³-hybridized carbons (Fsp3) is 0.312. The number of anilines is 1. The summed E-state index contributed by atoms with van der Waals surface area (Å²) in [5.41, 5.74) is 0.547. The maximum Gasteiger partial charge on any atom is 0.243 e. The van der Waals surface area contributed by atoms with E-state index in [4.69, 9.17) is 0 Å². The third-order valence-electron chi connectivity index (χ3n) is 3.07. The zero-order valence-electron chi connectivity index (χ0n) is 14.0. The van der Waals surface area contributed by atoms with Gasteiger partial charge in [0.2, 0.25) is 5.91 Å². The average molecular weight is 477 g/mol. The molecule has 6 nitrogen and oxygen atoms in total. The molecule has 1 amide bonds. The van der Waals surface area contributed by atoms with E-state index in [1.807, 2.05) is 13.1 Å². The van der Waals surface area contributed by atoms with E-state index in [-0.39, 0.29) is 42.2 Å². The quantitative estimate of drug-likeness (QED) is 0.340. The van der Waals surface area contributed by atoms with Crippen LogP contribution in [0.1, 0.15) is 9.88 Å². The Bertz CT molecular complexity index is 705. The lowest BCUT2D eigenvalue weighted by Gasteiger charge is -2.11. The van der Waals surface area contributed by atoms with Gasteiger partial charge in [0.25, 0.3) is 0 Å². The number of hydrogen-bond acceptors (Lipinski definition) is 4. The highest BCUT2D eigenvalue weighted by Gasteiger charge is 2.05. The van der Waals surface area contributed by atoms with E-state index in [1.165, 1.54) is 29.1 Å². The summed E-state index contributed by atoms with van der Waals surface area (Å²) in [5.74, 6) is -0.0382. The Morgan fingerprint density at radius 1 is 1.28 bits per heavy atom. The second-order valence-corrected chi connectivity index (χ2v) is 6.34. The van der Waals surface area contributed by atoms with Crippen LogP contribution in [0.4, 0.5) is 10.1 Å². The maximum atomic E-state index is 12.8. The van der Waals surface area contributed by atoms with Gasteiger partial charge in [-0.25, -0.2) is 9.37 Å². The Kier molecular flexibility index (Phi) is 9.35. The molecule has 2 aromatic rings. The molecule has 0 unspecified atom stereocenters. The summed E-state index contributed by atoms with van der Waals surface area (Å²) < 4.78 is 12.8. The maximum absolute atomic E-state index is 12.8. The molecule has 25 heavy (non-hydrogen) atoms. The molecular formula is C16H21FIN5OS. The summed E-state index contributed by atoms with van der Waals surface area (Å²) >= 11 is 1.67. The largest absolute Gasteiger partial charge is 0.356 e. The minimum atomic E-state index is -0.342. The van der Waals surface area contributed by atoms with Gasteiger partial charge in [-0.2, -0.15) is 0 Å². The monoisotopic (exact) mass is 477 g/mol. The molecule has 0 saturated carbocycles. The first-order valence-corrected chi connectivity index (χ1v) is 8.29. The zero-order valence-corrected chi connectivity index (χ0v) is 17.2. The summed E-state index contributed by atoms with van der Waals surface area (Å²) in [6.07, 6.45) is 2.65. The number of nitrogens with one attached hydrogen (secondary N) is 3. The number of thiazole rings is 1. The van der Waals surface area contributed by atoms with Crippen molar-refractivity contribution in [2.75, 3.05) is 25.5 Å². The van der Waals surface area contributed by atoms with Gasteiger partial charge in [-0.05, 0) is 31.2 Å². The number of carbonyl (C=O) groups is 1. The summed E-state index contributed by atoms with van der Waals surface area (Å²) in [4.78, 5) is 21.4. The molecule has 0 aliphatic rings. The van der Waals surface area contributed by atoms with E-state index in [0.29, 0.717) is 18.2 Å². The van der Waals surface area contributed by atoms with E-state index in [9.17, 15) is 9.18 Å². The van der Waals surface area contributed by atoms with Gasteiger partial charge in [-0.1, -0.05) is 0 Å². The molecular weight excluding hydrogens is 456 g/mol. The molecule has 136 valence electrons. The van der Waals surface area contributed by atoms with Crippen LogP contribution in [0.3, 0.4) is 0 Å². The predicted molar refractivity (Wildman–Crippen MR) is 110 cm³/mol. The fourth-order valence-corrected chi connectivity index (χ4v) is 2.71. The van der Waals surface area contributed by atoms with Gasteiger partial charge in [-0.15, -0.1) is 35.3 Å². The average Bonchev–Trinajstić information content (AvgIpc) is 2.98. The van der Waals surface area contributed by atoms with Crippen molar-refractivity contribution >= 4 is 52.9 Å². The van der Waals surface area contributed by atoms with Gasteiger partial charge < -0.3 is 16.0 Å². The Morgan fingerprint density at radius 3 is 2.60 bits per heavy atom. The Morgan fingerprint density at radius 2 is 2.00 bits per heavy atom. The minimum absolute atomic E-state index is 0. The van der Waals surface area contributed by atoms with Gasteiger partial charge in [0, 0.05) is 36.8 Å². The van der Waals surface area contributed by atoms with Crippen molar-refractivity contribution in [3.8, 4) is 0 Å². The number of hydrogen-bond donors (Lipinski definition) is 3. The summed E-state index contributed by atoms with van der Waals surface area (Å²) in [5, 5.41) is 9.79. The summed E-state index contributed by atoms with van der Waals surface area (Å²) in [6, 6.07) is 5.61. The van der Waals surface area contributed by atoms with Crippen molar-refractivity contribution in [1.29, 1.82) is 0 Å². The van der Waals surface area contributed by atoms with E-state index >= 15 is 0 Å². The Hall–Kier alpha value is -1.75. The number of halogens is 2. The summed E-state index contributed by atoms with van der Waals surface area (Å²) in [6.45, 7) is 2.76. The molecule has 0 fully saturated rings. The molecule has 1 heterocycles. The van der Waals surface area contributed by atoms with Crippen molar-refractivity contribution in [2.24, 2.45) is 4.99 Å². The molecule has 0 aliphatic carbocycles. The second-order valence-electron chi connectivity index (χ2n) is 5.02. The zero-order chi connectivity index (χ0) is 17.4. The van der Waals surface area contributed by atoms with Crippen LogP contribution in [0.5, 0.6) is 0 Å². The molecule has 2 rings (SSSR count). The lowest BCUT2D eigenvalue weighted by molar-refractivity contribution is -0.115. The predicted octanol–water partition coefficient (Wildman–Crippen LogP) is 2.55. The van der Waals surface area contributed by atoms with Gasteiger partial charge in [-0.3, -0.25) is 9.79 Å². The smallest absolute Gasteiger partial charge is 0.243 e. The highest BCUT2D eigenvalue weighted by Crippen LogP contribution is 2.11. The first-order chi connectivity index (χ1) is 11.6. The van der Waals surface area contributed by atoms with Crippen LogP contribution in [-0.2, 0) is 11.2 Å². The molecule has 0 aliphatic heterocycles. The van der Waals surface area contributed by atoms with Crippen LogP contribution in [0, 0.1) is 12.7 Å². The van der Waals surface area contributed by atoms with Crippen molar-refractivity contribution < 1.29 is 9.18 Å². The molecule has 3 N–H and O–H groups in total. The van der Waals surface area contributed by atoms with E-state index < -0.39 is 0 Å². The van der Waals surface area contributed by atoms with E-state index in [2.05, 4.69) is 25.9 Å². The number of carbonyl (C=O) groups excluding carboxylic acids is 1. The van der Waals surface area contributed by atoms with Crippen LogP contribution in [0.15, 0.2) is 35.5 Å². The lowest BCUT2D eigenvalue weighted by atomic mass is 10.3. The third-order valence-corrected chi connectivity index (χ3v) is 4.04. The highest BCUT2D eigenvalue weighted by atomic mass is 127. The van der Waals surface area contributed by atoms with Gasteiger partial charge in [0.05, 0.1) is 11.6 Å². The van der Waals surface area contributed by atoms with Crippen LogP contribution in [0.2, 0.25) is 0 Å². The number of aryl methyl sites for hydroxylation is 1. The van der Waals surface area contributed by atoms with Crippen molar-refractivity contribution in [3.63, 3.8) is 0 Å². The number of benzene rings is 1. The molecule has 0 spiro atoms. The SMILES string of the molecule is CN=C(NCCc1ncc(C)s1)NCC(=O)Nc1ccc(F)cc1.I. The normalized spacial score (nSPS) is 10.8. The van der Waals surface area contributed by atoms with E-state index in [1.54, 1.807) is 18.4 Å². The molecule has 1 aromatic carbocycles. The van der Waals surface area contributed by atoms with Crippen LogP contribution < -0.4 is 16.0 Å². The first-order valence-electron chi connectivity index (χ1n) is 7.48. The second kappa shape index (κ2) is 11.0. The number of aromatic nitrogens is 1. The van der Waals surface area contributed by atoms with Gasteiger partial charge in [0.15, 0.2) is 5.96 Å². The van der Waals surface area contributed by atoms with Crippen LogP contribution >= 0.6 is 35.3 Å². The number of guanidine groups is 1. The number of amides is 1. The van der Waals surface area contributed by atoms with Crippen LogP contribution in [0.25, 0.3) is 0 Å². The van der Waals surface area contributed by atoms with Gasteiger partial charge in [0.1, 0.15) is 5.82 Å². The first kappa shape index (κ1) is 21.3. The van der Waals surface area contributed by atoms with Crippen molar-refractivity contribution in [3.05, 3.63) is 46.2 Å². The highest BCUT2D eigenvalue weighted by molar-refractivity contribution is 14.0. The lowest BCUT2D eigenvalue weighted by Crippen LogP contribution is -2.42. The molecule has 0 bridgehead atoms. The Balaban J connectivity index is 0.00000312.